The summed E-state index contributed by atoms with van der Waals surface area (Å²) >= 11 is 0. The van der Waals surface area contributed by atoms with E-state index in [2.05, 4.69) is 56.9 Å². The molecule has 2 saturated carbocycles. The van der Waals surface area contributed by atoms with Crippen LogP contribution in [0.2, 0.25) is 0 Å². The lowest BCUT2D eigenvalue weighted by Crippen LogP contribution is -2.42. The number of carbonyl (C=O) groups excluding carboxylic acids is 5. The lowest BCUT2D eigenvalue weighted by atomic mass is 9.55. The van der Waals surface area contributed by atoms with E-state index in [-0.39, 0.29) is 56.7 Å². The molecule has 2 saturated heterocycles. The van der Waals surface area contributed by atoms with Gasteiger partial charge in [0.25, 0.3) is 0 Å². The van der Waals surface area contributed by atoms with Crippen molar-refractivity contribution in [3.63, 3.8) is 0 Å². The molecule has 0 amide bonds. The number of Topliss-reactive ketones (excluding diaryl/α,β-unsaturated/α-hetero) is 1. The minimum atomic E-state index is -1.14. The third-order valence-electron chi connectivity index (χ3n) is 14.9. The molecular formula is C60H103NO12. The summed E-state index contributed by atoms with van der Waals surface area (Å²) in [6.45, 7) is 13.9. The van der Waals surface area contributed by atoms with Crippen molar-refractivity contribution < 1.29 is 57.5 Å². The van der Waals surface area contributed by atoms with Crippen LogP contribution in [0.15, 0.2) is 24.3 Å². The molecule has 5 unspecified atom stereocenters. The molecule has 420 valence electrons. The van der Waals surface area contributed by atoms with Crippen molar-refractivity contribution in [2.45, 2.75) is 240 Å². The Bertz CT molecular complexity index is 1570. The Balaban J connectivity index is 0.000000789. The van der Waals surface area contributed by atoms with Crippen LogP contribution in [0.5, 0.6) is 0 Å². The monoisotopic (exact) mass is 1030 g/mol. The molecule has 0 radical (unpaired) electrons. The second-order valence-corrected chi connectivity index (χ2v) is 22.6. The summed E-state index contributed by atoms with van der Waals surface area (Å²) in [5.74, 6) is 1.81. The van der Waals surface area contributed by atoms with Gasteiger partial charge < -0.3 is 43.2 Å². The third-order valence-corrected chi connectivity index (χ3v) is 14.9. The van der Waals surface area contributed by atoms with Crippen LogP contribution in [-0.2, 0) is 52.4 Å². The van der Waals surface area contributed by atoms with E-state index in [0.717, 1.165) is 95.2 Å². The summed E-state index contributed by atoms with van der Waals surface area (Å²) in [5.41, 5.74) is -0.748. The van der Waals surface area contributed by atoms with Crippen molar-refractivity contribution in [2.24, 2.45) is 28.6 Å². The van der Waals surface area contributed by atoms with Crippen LogP contribution < -0.4 is 0 Å². The highest BCUT2D eigenvalue weighted by molar-refractivity contribution is 5.76. The molecule has 4 rings (SSSR count). The lowest BCUT2D eigenvalue weighted by Gasteiger charge is -2.49. The van der Waals surface area contributed by atoms with Gasteiger partial charge in [-0.05, 0) is 165 Å². The normalized spacial score (nSPS) is 23.4. The number of hydrogen-bond donors (Lipinski definition) is 1. The standard InChI is InChI=1S/C46H79NO11.C14H24O/c1-3-5-7-9-11-13-23-34-53-41(49)27-18-15-17-26-40-45(58-40)57-39-46(36-48,38-56-44(52)30-25-33-47-31-21-22-32-47)37-55-43(51)29-20-16-19-28-42(50)54-35-24-14-12-10-8-6-4-2;1-10-4-13-5-11(2)7-14(6-10,9-13)8-12(3)15/h11-14,40,45,48H,3-10,15-39H2,1-2H3;10-11,13H,4-9H2,1-3H3/b13-11-,14-12-;. The fourth-order valence-corrected chi connectivity index (χ4v) is 11.3. The second-order valence-electron chi connectivity index (χ2n) is 22.6. The number of ketones is 1. The number of unbranched alkanes of at least 4 members (excludes halogenated alkanes) is 10. The molecular weight excluding hydrogens is 927 g/mol. The molecule has 4 aliphatic rings. The van der Waals surface area contributed by atoms with Crippen molar-refractivity contribution in [1.29, 1.82) is 0 Å². The third kappa shape index (κ3) is 30.3. The summed E-state index contributed by atoms with van der Waals surface area (Å²) in [7, 11) is 0. The highest BCUT2D eigenvalue weighted by atomic mass is 16.8. The summed E-state index contributed by atoms with van der Waals surface area (Å²) in [5, 5.41) is 10.5. The topological polar surface area (TPSA) is 168 Å². The predicted octanol–water partition coefficient (Wildman–Crippen LogP) is 12.5. The van der Waals surface area contributed by atoms with Crippen LogP contribution in [0.25, 0.3) is 0 Å². The maximum atomic E-state index is 12.7. The molecule has 5 atom stereocenters. The van der Waals surface area contributed by atoms with Crippen molar-refractivity contribution >= 4 is 29.7 Å². The van der Waals surface area contributed by atoms with Gasteiger partial charge in [-0.15, -0.1) is 0 Å². The Morgan fingerprint density at radius 2 is 1.11 bits per heavy atom. The fraction of sp³-hybridized carbons (Fsp3) is 0.850. The first kappa shape index (κ1) is 64.2. The minimum absolute atomic E-state index is 0.0183. The van der Waals surface area contributed by atoms with E-state index in [4.69, 9.17) is 28.4 Å². The Hall–Kier alpha value is -3.13. The molecule has 0 spiro atoms. The largest absolute Gasteiger partial charge is 0.465 e. The van der Waals surface area contributed by atoms with Crippen molar-refractivity contribution in [2.75, 3.05) is 59.3 Å². The number of epoxide rings is 1. The number of rotatable bonds is 40. The molecule has 4 fully saturated rings. The maximum absolute atomic E-state index is 12.7. The van der Waals surface area contributed by atoms with E-state index in [1.807, 2.05) is 0 Å². The highest BCUT2D eigenvalue weighted by Gasteiger charge is 2.45. The SMILES string of the molecule is CC(=O)CC12CC(C)CC(CC(C)C1)C2.CCCCC/C=C\CCOC(=O)CCCCCC(=O)OCC(CO)(COC(=O)CCCN1CCCC1)COC1OC1CCCCCC(=O)OCC/C=C\CCCCC. The van der Waals surface area contributed by atoms with Gasteiger partial charge >= 0.3 is 23.9 Å². The molecule has 0 aromatic heterocycles. The molecule has 2 bridgehead atoms. The number of ether oxygens (including phenoxy) is 6. The number of aliphatic hydroxyl groups is 1. The van der Waals surface area contributed by atoms with Crippen molar-refractivity contribution in [3.8, 4) is 0 Å². The van der Waals surface area contributed by atoms with E-state index in [9.17, 15) is 29.1 Å². The summed E-state index contributed by atoms with van der Waals surface area (Å²) in [6.07, 6.45) is 35.6. The van der Waals surface area contributed by atoms with Crippen LogP contribution in [0.4, 0.5) is 0 Å². The number of esters is 4. The average molecular weight is 1030 g/mol. The molecule has 0 aromatic rings. The first-order chi connectivity index (χ1) is 35.3. The fourth-order valence-electron chi connectivity index (χ4n) is 11.3. The van der Waals surface area contributed by atoms with Crippen molar-refractivity contribution in [3.05, 3.63) is 24.3 Å². The summed E-state index contributed by atoms with van der Waals surface area (Å²) in [4.78, 5) is 63.3. The Kier molecular flexibility index (Phi) is 33.8. The van der Waals surface area contributed by atoms with Crippen LogP contribution in [0.3, 0.4) is 0 Å². The summed E-state index contributed by atoms with van der Waals surface area (Å²) < 4.78 is 33.6. The molecule has 1 N–H and O–H groups in total. The van der Waals surface area contributed by atoms with E-state index in [1.54, 1.807) is 6.92 Å². The number of nitrogens with zero attached hydrogens (tertiary/aromatic N) is 1. The Morgan fingerprint density at radius 3 is 1.62 bits per heavy atom. The van der Waals surface area contributed by atoms with Gasteiger partial charge in [-0.1, -0.05) is 96.9 Å². The highest BCUT2D eigenvalue weighted by Crippen LogP contribution is 2.54. The van der Waals surface area contributed by atoms with Gasteiger partial charge in [0.1, 0.15) is 25.1 Å². The summed E-state index contributed by atoms with van der Waals surface area (Å²) in [6, 6.07) is 0. The second kappa shape index (κ2) is 38.4. The van der Waals surface area contributed by atoms with Gasteiger partial charge in [-0.3, -0.25) is 19.2 Å². The number of carbonyl (C=O) groups is 5. The Morgan fingerprint density at radius 1 is 0.616 bits per heavy atom. The van der Waals surface area contributed by atoms with Crippen LogP contribution in [0.1, 0.15) is 227 Å². The van der Waals surface area contributed by atoms with Gasteiger partial charge in [0.05, 0.1) is 31.8 Å². The zero-order chi connectivity index (χ0) is 53.0. The molecule has 0 aromatic carbocycles. The van der Waals surface area contributed by atoms with Gasteiger partial charge in [-0.2, -0.15) is 0 Å². The number of likely N-dealkylation sites (tertiary alicyclic amines) is 1. The van der Waals surface area contributed by atoms with Gasteiger partial charge in [0.15, 0.2) is 6.29 Å². The van der Waals surface area contributed by atoms with Crippen LogP contribution in [0, 0.1) is 28.6 Å². The first-order valence-electron chi connectivity index (χ1n) is 29.3. The smallest absolute Gasteiger partial charge is 0.305 e. The molecule has 73 heavy (non-hydrogen) atoms. The molecule has 2 aliphatic heterocycles. The van der Waals surface area contributed by atoms with E-state index in [0.29, 0.717) is 62.9 Å². The first-order valence-corrected chi connectivity index (χ1v) is 29.3. The zero-order valence-electron chi connectivity index (χ0n) is 46.7. The van der Waals surface area contributed by atoms with Gasteiger partial charge in [0, 0.05) is 32.1 Å². The van der Waals surface area contributed by atoms with Gasteiger partial charge in [0.2, 0.25) is 0 Å². The van der Waals surface area contributed by atoms with Crippen LogP contribution in [-0.4, -0.2) is 111 Å². The quantitative estimate of drug-likeness (QED) is 0.0203. The lowest BCUT2D eigenvalue weighted by molar-refractivity contribution is -0.162. The molecule has 2 heterocycles. The maximum Gasteiger partial charge on any atom is 0.305 e. The average Bonchev–Trinajstić information content (AvgIpc) is 3.89. The number of fused-ring (bicyclic) bond motifs is 2. The number of hydrogen-bond acceptors (Lipinski definition) is 13. The Labute approximate surface area is 442 Å². The predicted molar refractivity (Wildman–Crippen MR) is 287 cm³/mol. The van der Waals surface area contributed by atoms with Crippen LogP contribution >= 0.6 is 0 Å². The van der Waals surface area contributed by atoms with E-state index >= 15 is 0 Å². The van der Waals surface area contributed by atoms with Crippen molar-refractivity contribution in [1.82, 2.24) is 4.90 Å². The molecule has 2 aliphatic carbocycles. The molecule has 13 heteroatoms. The molecule has 13 nitrogen and oxygen atoms in total. The minimum Gasteiger partial charge on any atom is -0.465 e. The number of allylic oxidation sites excluding steroid dienone is 2. The van der Waals surface area contributed by atoms with Gasteiger partial charge in [-0.25, -0.2) is 0 Å². The van der Waals surface area contributed by atoms with E-state index < -0.39 is 24.3 Å². The number of aliphatic hydroxyl groups excluding tert-OH is 1. The van der Waals surface area contributed by atoms with E-state index in [1.165, 1.54) is 83.5 Å². The zero-order valence-corrected chi connectivity index (χ0v) is 46.7.